The van der Waals surface area contributed by atoms with E-state index in [1.807, 2.05) is 50.2 Å². The molecule has 0 radical (unpaired) electrons. The largest absolute Gasteiger partial charge is 0.482 e. The highest BCUT2D eigenvalue weighted by molar-refractivity contribution is 8.14. The first kappa shape index (κ1) is 65.0. The van der Waals surface area contributed by atoms with Crippen molar-refractivity contribution in [1.82, 2.24) is 0 Å². The third-order valence-corrected chi connectivity index (χ3v) is 10.7. The van der Waals surface area contributed by atoms with E-state index in [4.69, 9.17) is 72.2 Å². The third-order valence-electron chi connectivity index (χ3n) is 7.71. The van der Waals surface area contributed by atoms with E-state index in [1.54, 1.807) is 47.6 Å². The molecule has 0 aromatic heterocycles. The summed E-state index contributed by atoms with van der Waals surface area (Å²) in [5, 5.41) is 0. The highest BCUT2D eigenvalue weighted by atomic mass is 35.7. The van der Waals surface area contributed by atoms with E-state index >= 15 is 0 Å². The molecule has 26 heteroatoms. The lowest BCUT2D eigenvalue weighted by Gasteiger charge is -2.09. The normalized spacial score (nSPS) is 10.5. The first-order chi connectivity index (χ1) is 32.5. The maximum Gasteiger partial charge on any atom is 0.353 e. The summed E-state index contributed by atoms with van der Waals surface area (Å²) >= 11 is 4.20. The van der Waals surface area contributed by atoms with Gasteiger partial charge in [0.2, 0.25) is 0 Å². The van der Waals surface area contributed by atoms with Gasteiger partial charge < -0.3 is 37.9 Å². The van der Waals surface area contributed by atoms with Gasteiger partial charge in [-0.3, -0.25) is 4.55 Å². The smallest absolute Gasteiger partial charge is 0.353 e. The average molecular weight is 1120 g/mol. The van der Waals surface area contributed by atoms with Crippen molar-refractivity contribution in [2.24, 2.45) is 0 Å². The van der Waals surface area contributed by atoms with Crippen LogP contribution in [0.5, 0.6) is 23.0 Å². The predicted octanol–water partition coefficient (Wildman–Crippen LogP) is 7.92. The molecule has 0 amide bonds. The van der Waals surface area contributed by atoms with Gasteiger partial charge in [-0.25, -0.2) is 36.0 Å². The van der Waals surface area contributed by atoms with Crippen LogP contribution >= 0.6 is 44.7 Å². The zero-order chi connectivity index (χ0) is 53.7. The standard InChI is InChI=1S/2C11H13ClO5S.C11H14O3S.C11H14O3.ClHO3S/c2*1-3-16-11(13)7-17-10-5-4-9(6-8(10)2)18(12,14)15;1-3-13-11(12)7-14-10-5-4-9(15)6-8(10)2;1-3-13-11(12)8-14-10-7-5-4-6-9(10)2;1-5(2,3)4/h2*4-6H,3,7H2,1-2H3;4-6,15H,3,7H2,1-2H3;4-7H,3,8H2,1-2H3;(H,2,3,4). The van der Waals surface area contributed by atoms with Crippen LogP contribution in [0.15, 0.2) is 93.5 Å². The molecule has 4 aromatic rings. The van der Waals surface area contributed by atoms with Crippen LogP contribution in [-0.2, 0) is 65.6 Å². The van der Waals surface area contributed by atoms with Crippen molar-refractivity contribution in [1.29, 1.82) is 0 Å². The van der Waals surface area contributed by atoms with Gasteiger partial charge in [-0.05, 0) is 138 Å². The Morgan fingerprint density at radius 3 is 0.986 bits per heavy atom. The fourth-order valence-corrected chi connectivity index (χ4v) is 6.68. The summed E-state index contributed by atoms with van der Waals surface area (Å²) in [5.41, 5.74) is 3.10. The molecule has 19 nitrogen and oxygen atoms in total. The summed E-state index contributed by atoms with van der Waals surface area (Å²) < 4.78 is 109. The topological polar surface area (TPSA) is 265 Å². The Hall–Kier alpha value is -5.01. The van der Waals surface area contributed by atoms with E-state index in [2.05, 4.69) is 23.3 Å². The number of hydrogen-bond donors (Lipinski definition) is 2. The third kappa shape index (κ3) is 30.6. The molecule has 70 heavy (non-hydrogen) atoms. The van der Waals surface area contributed by atoms with Crippen LogP contribution < -0.4 is 18.9 Å². The van der Waals surface area contributed by atoms with E-state index in [0.29, 0.717) is 41.6 Å². The molecular weight excluding hydrogens is 1070 g/mol. The zero-order valence-electron chi connectivity index (χ0n) is 39.3. The molecule has 4 rings (SSSR count). The summed E-state index contributed by atoms with van der Waals surface area (Å²) in [7, 11) is 2.77. The second-order valence-corrected chi connectivity index (χ2v) is 20.9. The van der Waals surface area contributed by atoms with Crippen LogP contribution in [-0.4, -0.2) is 107 Å². The quantitative estimate of drug-likeness (QED) is 0.0315. The molecular formula is C44H55Cl3O19S4. The minimum absolute atomic E-state index is 0.00912. The van der Waals surface area contributed by atoms with E-state index in [1.165, 1.54) is 36.4 Å². The number of carbonyl (C=O) groups is 4. The number of benzene rings is 4. The number of para-hydroxylation sites is 1. The van der Waals surface area contributed by atoms with Gasteiger partial charge in [0.15, 0.2) is 26.4 Å². The van der Waals surface area contributed by atoms with Crippen molar-refractivity contribution >= 4 is 96.0 Å². The van der Waals surface area contributed by atoms with Crippen molar-refractivity contribution < 1.29 is 86.9 Å². The summed E-state index contributed by atoms with van der Waals surface area (Å²) in [6, 6.07) is 21.3. The van der Waals surface area contributed by atoms with E-state index in [9.17, 15) is 36.0 Å². The zero-order valence-corrected chi connectivity index (χ0v) is 44.9. The summed E-state index contributed by atoms with van der Waals surface area (Å²) in [6.07, 6.45) is 0. The molecule has 0 unspecified atom stereocenters. The molecule has 0 aliphatic carbocycles. The number of hydrogen-bond acceptors (Lipinski definition) is 19. The van der Waals surface area contributed by atoms with Crippen molar-refractivity contribution in [2.75, 3.05) is 52.9 Å². The number of aryl methyl sites for hydroxylation is 4. The molecule has 0 aliphatic rings. The van der Waals surface area contributed by atoms with Gasteiger partial charge in [-0.15, -0.1) is 12.6 Å². The van der Waals surface area contributed by atoms with Crippen LogP contribution in [0.1, 0.15) is 49.9 Å². The lowest BCUT2D eigenvalue weighted by Crippen LogP contribution is -2.15. The molecule has 0 saturated heterocycles. The Morgan fingerprint density at radius 2 is 0.729 bits per heavy atom. The van der Waals surface area contributed by atoms with E-state index in [-0.39, 0.29) is 61.4 Å². The van der Waals surface area contributed by atoms with Gasteiger partial charge >= 0.3 is 33.2 Å². The van der Waals surface area contributed by atoms with Crippen molar-refractivity contribution in [3.63, 3.8) is 0 Å². The number of rotatable bonds is 18. The molecule has 0 fully saturated rings. The Kier molecular flexibility index (Phi) is 31.2. The minimum Gasteiger partial charge on any atom is -0.482 e. The molecule has 4 aromatic carbocycles. The number of thiol groups is 1. The van der Waals surface area contributed by atoms with E-state index in [0.717, 1.165) is 21.8 Å². The fraction of sp³-hybridized carbons (Fsp3) is 0.364. The maximum absolute atomic E-state index is 11.1. The van der Waals surface area contributed by atoms with Gasteiger partial charge in [-0.1, -0.05) is 18.2 Å². The van der Waals surface area contributed by atoms with Gasteiger partial charge in [0.1, 0.15) is 23.0 Å². The molecule has 0 spiro atoms. The minimum atomic E-state index is -4.19. The van der Waals surface area contributed by atoms with Crippen LogP contribution in [0.3, 0.4) is 0 Å². The maximum atomic E-state index is 11.1. The van der Waals surface area contributed by atoms with Crippen LogP contribution in [0, 0.1) is 27.7 Å². The molecule has 0 saturated carbocycles. The van der Waals surface area contributed by atoms with Crippen LogP contribution in [0.4, 0.5) is 0 Å². The van der Waals surface area contributed by atoms with Gasteiger partial charge in [0, 0.05) is 36.9 Å². The van der Waals surface area contributed by atoms with E-state index < -0.39 is 39.4 Å². The molecule has 0 bridgehead atoms. The number of esters is 4. The van der Waals surface area contributed by atoms with Gasteiger partial charge in [0.25, 0.3) is 18.1 Å². The Labute approximate surface area is 427 Å². The lowest BCUT2D eigenvalue weighted by atomic mass is 10.2. The number of halogens is 3. The Balaban J connectivity index is 0.000000881. The summed E-state index contributed by atoms with van der Waals surface area (Å²) in [6.45, 7) is 14.9. The molecule has 1 N–H and O–H groups in total. The molecule has 0 heterocycles. The monoisotopic (exact) mass is 1120 g/mol. The van der Waals surface area contributed by atoms with Crippen molar-refractivity contribution in [2.45, 2.75) is 70.1 Å². The van der Waals surface area contributed by atoms with Crippen molar-refractivity contribution in [3.05, 3.63) is 101 Å². The second-order valence-electron chi connectivity index (χ2n) is 13.2. The summed E-state index contributed by atoms with van der Waals surface area (Å²) in [5.74, 6) is 0.570. The molecule has 0 aliphatic heterocycles. The lowest BCUT2D eigenvalue weighted by molar-refractivity contribution is -0.146. The van der Waals surface area contributed by atoms with Crippen molar-refractivity contribution in [3.8, 4) is 23.0 Å². The number of ether oxygens (including phenoxy) is 8. The summed E-state index contributed by atoms with van der Waals surface area (Å²) in [4.78, 5) is 45.0. The SMILES string of the molecule is CCOC(=O)COc1ccc(S(=O)(=O)Cl)cc1C.CCOC(=O)COc1ccc(S(=O)(=O)Cl)cc1C.CCOC(=O)COc1ccc(S)cc1C.CCOC(=O)COc1ccccc1C.O=S(=O)(O)Cl. The fourth-order valence-electron chi connectivity index (χ4n) is 4.74. The van der Waals surface area contributed by atoms with Gasteiger partial charge in [0.05, 0.1) is 36.2 Å². The first-order valence-corrected chi connectivity index (χ1v) is 27.7. The highest BCUT2D eigenvalue weighted by Gasteiger charge is 2.14. The Bertz CT molecular complexity index is 2540. The average Bonchev–Trinajstić information content (AvgIpc) is 3.25. The number of carbonyl (C=O) groups excluding carboxylic acids is 4. The van der Waals surface area contributed by atoms with Crippen LogP contribution in [0.2, 0.25) is 0 Å². The molecule has 0 atom stereocenters. The van der Waals surface area contributed by atoms with Gasteiger partial charge in [-0.2, -0.15) is 8.42 Å². The van der Waals surface area contributed by atoms with Crippen LogP contribution in [0.25, 0.3) is 0 Å². The first-order valence-electron chi connectivity index (χ1n) is 20.3. The predicted molar refractivity (Wildman–Crippen MR) is 264 cm³/mol. The Morgan fingerprint density at radius 1 is 0.457 bits per heavy atom. The second kappa shape index (κ2) is 33.6. The molecule has 390 valence electrons. The highest BCUT2D eigenvalue weighted by Crippen LogP contribution is 2.25.